The van der Waals surface area contributed by atoms with Crippen molar-refractivity contribution >= 4 is 5.97 Å². The van der Waals surface area contributed by atoms with Crippen LogP contribution < -0.4 is 10.1 Å². The number of carboxylic acids is 1. The highest BCUT2D eigenvalue weighted by molar-refractivity contribution is 5.90. The summed E-state index contributed by atoms with van der Waals surface area (Å²) in [7, 11) is 0. The van der Waals surface area contributed by atoms with Crippen LogP contribution in [0.2, 0.25) is 0 Å². The average molecular weight is 251 g/mol. The van der Waals surface area contributed by atoms with Crippen molar-refractivity contribution in [2.24, 2.45) is 5.41 Å². The second-order valence-electron chi connectivity index (χ2n) is 5.39. The van der Waals surface area contributed by atoms with Crippen LogP contribution in [0.25, 0.3) is 0 Å². The Kier molecular flexibility index (Phi) is 5.16. The molecule has 4 heteroatoms. The van der Waals surface area contributed by atoms with Crippen molar-refractivity contribution in [3.63, 3.8) is 0 Å². The zero-order chi connectivity index (χ0) is 13.6. The highest BCUT2D eigenvalue weighted by Gasteiger charge is 2.10. The summed E-state index contributed by atoms with van der Waals surface area (Å²) in [6.07, 6.45) is 0. The Morgan fingerprint density at radius 1 is 1.33 bits per heavy atom. The van der Waals surface area contributed by atoms with Crippen LogP contribution in [0.1, 0.15) is 31.1 Å². The second-order valence-corrected chi connectivity index (χ2v) is 5.39. The molecule has 0 saturated carbocycles. The predicted molar refractivity (Wildman–Crippen MR) is 71.2 cm³/mol. The minimum atomic E-state index is -0.965. The topological polar surface area (TPSA) is 58.6 Å². The lowest BCUT2D eigenvalue weighted by molar-refractivity contribution is 0.0692. The van der Waals surface area contributed by atoms with Crippen molar-refractivity contribution in [3.05, 3.63) is 29.8 Å². The monoisotopic (exact) mass is 251 g/mol. The van der Waals surface area contributed by atoms with Gasteiger partial charge in [0.2, 0.25) is 0 Å². The number of rotatable bonds is 6. The van der Waals surface area contributed by atoms with Gasteiger partial charge in [-0.05, 0) is 17.5 Å². The van der Waals surface area contributed by atoms with Gasteiger partial charge in [-0.1, -0.05) is 32.9 Å². The predicted octanol–water partition coefficient (Wildman–Crippen LogP) is 2.40. The summed E-state index contributed by atoms with van der Waals surface area (Å²) >= 11 is 0. The third-order valence-electron chi connectivity index (χ3n) is 2.31. The van der Waals surface area contributed by atoms with E-state index in [1.165, 1.54) is 0 Å². The Hall–Kier alpha value is -1.55. The van der Waals surface area contributed by atoms with E-state index in [1.54, 1.807) is 24.3 Å². The number of carbonyl (C=O) groups is 1. The van der Waals surface area contributed by atoms with E-state index < -0.39 is 5.97 Å². The van der Waals surface area contributed by atoms with Crippen LogP contribution in [0.3, 0.4) is 0 Å². The van der Waals surface area contributed by atoms with Crippen LogP contribution in [0.5, 0.6) is 5.75 Å². The fourth-order valence-corrected chi connectivity index (χ4v) is 1.47. The Labute approximate surface area is 108 Å². The number of aromatic carboxylic acids is 1. The Morgan fingerprint density at radius 2 is 2.00 bits per heavy atom. The first-order valence-electron chi connectivity index (χ1n) is 6.06. The van der Waals surface area contributed by atoms with E-state index >= 15 is 0 Å². The average Bonchev–Trinajstić information content (AvgIpc) is 2.27. The Bertz CT molecular complexity index is 396. The first kappa shape index (κ1) is 14.5. The molecular weight excluding hydrogens is 230 g/mol. The number of carboxylic acid groups (broad SMARTS) is 1. The van der Waals surface area contributed by atoms with E-state index in [4.69, 9.17) is 9.84 Å². The number of hydrogen-bond donors (Lipinski definition) is 2. The Morgan fingerprint density at radius 3 is 2.61 bits per heavy atom. The van der Waals surface area contributed by atoms with Gasteiger partial charge in [0.05, 0.1) is 0 Å². The molecule has 0 aromatic heterocycles. The molecule has 0 aliphatic heterocycles. The van der Waals surface area contributed by atoms with Gasteiger partial charge < -0.3 is 15.2 Å². The largest absolute Gasteiger partial charge is 0.491 e. The molecule has 0 aliphatic rings. The molecule has 0 spiro atoms. The lowest BCUT2D eigenvalue weighted by atomic mass is 9.97. The van der Waals surface area contributed by atoms with Crippen molar-refractivity contribution in [2.75, 3.05) is 19.7 Å². The highest BCUT2D eigenvalue weighted by Crippen LogP contribution is 2.17. The van der Waals surface area contributed by atoms with E-state index in [0.717, 1.165) is 6.54 Å². The third kappa shape index (κ3) is 5.19. The van der Waals surface area contributed by atoms with Gasteiger partial charge in [-0.15, -0.1) is 0 Å². The van der Waals surface area contributed by atoms with E-state index in [1.807, 2.05) is 0 Å². The number of nitrogens with one attached hydrogen (secondary N) is 1. The van der Waals surface area contributed by atoms with Crippen LogP contribution >= 0.6 is 0 Å². The lowest BCUT2D eigenvalue weighted by Gasteiger charge is -2.18. The molecule has 100 valence electrons. The van der Waals surface area contributed by atoms with Crippen LogP contribution in [0.4, 0.5) is 0 Å². The molecule has 0 unspecified atom stereocenters. The standard InChI is InChI=1S/C14H21NO3/c1-14(2,3)10-15-8-9-18-12-7-5-4-6-11(12)13(16)17/h4-7,15H,8-10H2,1-3H3,(H,16,17). The summed E-state index contributed by atoms with van der Waals surface area (Å²) in [5, 5.41) is 12.3. The van der Waals surface area contributed by atoms with Gasteiger partial charge in [0.25, 0.3) is 0 Å². The van der Waals surface area contributed by atoms with E-state index in [9.17, 15) is 4.79 Å². The van der Waals surface area contributed by atoms with Gasteiger partial charge >= 0.3 is 5.97 Å². The van der Waals surface area contributed by atoms with Gasteiger partial charge in [-0.3, -0.25) is 0 Å². The molecule has 0 heterocycles. The maximum atomic E-state index is 10.9. The van der Waals surface area contributed by atoms with Gasteiger partial charge in [0, 0.05) is 13.1 Å². The number of para-hydroxylation sites is 1. The van der Waals surface area contributed by atoms with Crippen LogP contribution in [-0.4, -0.2) is 30.8 Å². The molecule has 0 atom stereocenters. The summed E-state index contributed by atoms with van der Waals surface area (Å²) in [5.41, 5.74) is 0.437. The smallest absolute Gasteiger partial charge is 0.339 e. The number of benzene rings is 1. The van der Waals surface area contributed by atoms with Crippen molar-refractivity contribution < 1.29 is 14.6 Å². The summed E-state index contributed by atoms with van der Waals surface area (Å²) in [6, 6.07) is 6.67. The summed E-state index contributed by atoms with van der Waals surface area (Å²) in [5.74, 6) is -0.546. The number of hydrogen-bond acceptors (Lipinski definition) is 3. The molecule has 0 fully saturated rings. The van der Waals surface area contributed by atoms with Crippen molar-refractivity contribution in [1.29, 1.82) is 0 Å². The molecule has 0 amide bonds. The van der Waals surface area contributed by atoms with Gasteiger partial charge in [-0.25, -0.2) is 4.79 Å². The summed E-state index contributed by atoms with van der Waals surface area (Å²) < 4.78 is 5.47. The third-order valence-corrected chi connectivity index (χ3v) is 2.31. The maximum absolute atomic E-state index is 10.9. The fraction of sp³-hybridized carbons (Fsp3) is 0.500. The van der Waals surface area contributed by atoms with Crippen LogP contribution in [-0.2, 0) is 0 Å². The molecule has 4 nitrogen and oxygen atoms in total. The molecule has 1 aromatic carbocycles. The minimum absolute atomic E-state index is 0.202. The van der Waals surface area contributed by atoms with E-state index in [0.29, 0.717) is 18.9 Å². The molecular formula is C14H21NO3. The lowest BCUT2D eigenvalue weighted by Crippen LogP contribution is -2.30. The minimum Gasteiger partial charge on any atom is -0.491 e. The molecule has 0 aliphatic carbocycles. The van der Waals surface area contributed by atoms with Crippen molar-refractivity contribution in [2.45, 2.75) is 20.8 Å². The summed E-state index contributed by atoms with van der Waals surface area (Å²) in [6.45, 7) is 8.52. The molecule has 2 N–H and O–H groups in total. The SMILES string of the molecule is CC(C)(C)CNCCOc1ccccc1C(=O)O. The molecule has 18 heavy (non-hydrogen) atoms. The molecule has 0 saturated heterocycles. The molecule has 0 radical (unpaired) electrons. The first-order valence-corrected chi connectivity index (χ1v) is 6.06. The second kappa shape index (κ2) is 6.40. The molecule has 0 bridgehead atoms. The van der Waals surface area contributed by atoms with E-state index in [-0.39, 0.29) is 11.0 Å². The zero-order valence-corrected chi connectivity index (χ0v) is 11.2. The quantitative estimate of drug-likeness (QED) is 0.762. The van der Waals surface area contributed by atoms with Crippen molar-refractivity contribution in [3.8, 4) is 5.75 Å². The Balaban J connectivity index is 2.38. The molecule has 1 rings (SSSR count). The fourth-order valence-electron chi connectivity index (χ4n) is 1.47. The summed E-state index contributed by atoms with van der Waals surface area (Å²) in [4.78, 5) is 10.9. The van der Waals surface area contributed by atoms with Gasteiger partial charge in [0.15, 0.2) is 0 Å². The van der Waals surface area contributed by atoms with Crippen molar-refractivity contribution in [1.82, 2.24) is 5.32 Å². The maximum Gasteiger partial charge on any atom is 0.339 e. The first-order chi connectivity index (χ1) is 8.40. The van der Waals surface area contributed by atoms with Gasteiger partial charge in [-0.2, -0.15) is 0 Å². The highest BCUT2D eigenvalue weighted by atomic mass is 16.5. The van der Waals surface area contributed by atoms with Gasteiger partial charge in [0.1, 0.15) is 17.9 Å². The molecule has 1 aromatic rings. The van der Waals surface area contributed by atoms with Crippen LogP contribution in [0.15, 0.2) is 24.3 Å². The van der Waals surface area contributed by atoms with E-state index in [2.05, 4.69) is 26.1 Å². The van der Waals surface area contributed by atoms with Crippen LogP contribution in [0, 0.1) is 5.41 Å². The zero-order valence-electron chi connectivity index (χ0n) is 11.2. The normalized spacial score (nSPS) is 11.3. The number of ether oxygens (including phenoxy) is 1.